The van der Waals surface area contributed by atoms with Crippen molar-refractivity contribution in [2.45, 2.75) is 12.1 Å². The number of aromatic nitrogens is 2. The molecule has 3 heterocycles. The first-order valence-corrected chi connectivity index (χ1v) is 8.41. The molecule has 1 aliphatic rings. The number of benzene rings is 1. The Hall–Kier alpha value is -3.79. The van der Waals surface area contributed by atoms with Crippen LogP contribution in [0.3, 0.4) is 0 Å². The highest BCUT2D eigenvalue weighted by Crippen LogP contribution is 2.37. The number of rotatable bonds is 2. The number of nitrogens with one attached hydrogen (secondary N) is 1. The number of pyridine rings is 2. The van der Waals surface area contributed by atoms with Gasteiger partial charge in [-0.15, -0.1) is 0 Å². The molecule has 1 aliphatic heterocycles. The first-order chi connectivity index (χ1) is 13.6. The summed E-state index contributed by atoms with van der Waals surface area (Å²) in [5, 5.41) is 2.56. The highest BCUT2D eigenvalue weighted by molar-refractivity contribution is 5.71. The number of halogens is 2. The van der Waals surface area contributed by atoms with Crippen molar-refractivity contribution in [3.8, 4) is 11.8 Å². The van der Waals surface area contributed by atoms with E-state index >= 15 is 0 Å². The minimum Gasteiger partial charge on any atom is -0.439 e. The summed E-state index contributed by atoms with van der Waals surface area (Å²) in [4.78, 5) is 19.6. The van der Waals surface area contributed by atoms with Crippen LogP contribution in [0.25, 0.3) is 0 Å². The van der Waals surface area contributed by atoms with E-state index in [0.717, 1.165) is 0 Å². The maximum atomic E-state index is 14.4. The lowest BCUT2D eigenvalue weighted by Crippen LogP contribution is -2.21. The maximum Gasteiger partial charge on any atom is 0.408 e. The fraction of sp³-hybridized carbons (Fsp3) is 0.0952. The van der Waals surface area contributed by atoms with E-state index in [2.05, 4.69) is 27.1 Å². The predicted octanol–water partition coefficient (Wildman–Crippen LogP) is 3.68. The van der Waals surface area contributed by atoms with Gasteiger partial charge in [0.2, 0.25) is 5.95 Å². The normalized spacial score (nSPS) is 18.0. The second-order valence-corrected chi connectivity index (χ2v) is 6.07. The number of hydrogen-bond acceptors (Lipinski definition) is 4. The molecular weight excluding hydrogens is 364 g/mol. The van der Waals surface area contributed by atoms with Gasteiger partial charge in [0.25, 0.3) is 0 Å². The summed E-state index contributed by atoms with van der Waals surface area (Å²) in [7, 11) is 0. The maximum absolute atomic E-state index is 14.4. The summed E-state index contributed by atoms with van der Waals surface area (Å²) in [5.74, 6) is 4.50. The SMILES string of the molecule is O=C1N[C@H](c2cc(C#Cc3ccccn3)cnc2F)[C@@H](c2cccc(F)c2)O1. The van der Waals surface area contributed by atoms with Crippen LogP contribution in [0.15, 0.2) is 60.9 Å². The standard InChI is InChI=1S/C21H13F2N3O2/c22-15-5-3-4-14(11-15)19-18(26-21(27)28-19)17-10-13(12-25-20(17)23)7-8-16-6-1-2-9-24-16/h1-6,9-12,18-19H,(H,26,27)/t18-,19-/m1/s1. The van der Waals surface area contributed by atoms with Crippen molar-refractivity contribution < 1.29 is 18.3 Å². The van der Waals surface area contributed by atoms with Gasteiger partial charge in [0.15, 0.2) is 6.10 Å². The van der Waals surface area contributed by atoms with Crippen LogP contribution in [0.4, 0.5) is 13.6 Å². The Bertz CT molecular complexity index is 1090. The molecule has 2 atom stereocenters. The van der Waals surface area contributed by atoms with Gasteiger partial charge in [0.05, 0.1) is 0 Å². The molecule has 0 unspecified atom stereocenters. The van der Waals surface area contributed by atoms with Crippen LogP contribution in [0.1, 0.15) is 34.5 Å². The van der Waals surface area contributed by atoms with Crippen molar-refractivity contribution in [1.82, 2.24) is 15.3 Å². The molecule has 1 aromatic carbocycles. The smallest absolute Gasteiger partial charge is 0.408 e. The van der Waals surface area contributed by atoms with Crippen LogP contribution in [-0.4, -0.2) is 16.1 Å². The highest BCUT2D eigenvalue weighted by atomic mass is 19.1. The molecule has 2 aromatic heterocycles. The number of cyclic esters (lactones) is 1. The monoisotopic (exact) mass is 377 g/mol. The first kappa shape index (κ1) is 17.6. The quantitative estimate of drug-likeness (QED) is 0.547. The Morgan fingerprint density at radius 3 is 2.71 bits per heavy atom. The van der Waals surface area contributed by atoms with Crippen molar-refractivity contribution in [3.05, 3.63) is 95.1 Å². The lowest BCUT2D eigenvalue weighted by atomic mass is 9.96. The second kappa shape index (κ2) is 7.45. The van der Waals surface area contributed by atoms with E-state index < -0.39 is 30.0 Å². The van der Waals surface area contributed by atoms with E-state index in [4.69, 9.17) is 4.74 Å². The van der Waals surface area contributed by atoms with Crippen LogP contribution in [0, 0.1) is 23.6 Å². The van der Waals surface area contributed by atoms with E-state index in [0.29, 0.717) is 16.8 Å². The number of amides is 1. The summed E-state index contributed by atoms with van der Waals surface area (Å²) < 4.78 is 33.2. The van der Waals surface area contributed by atoms with Gasteiger partial charge < -0.3 is 10.1 Å². The van der Waals surface area contributed by atoms with Gasteiger partial charge >= 0.3 is 6.09 Å². The molecule has 4 rings (SSSR count). The average molecular weight is 377 g/mol. The van der Waals surface area contributed by atoms with Gasteiger partial charge in [0.1, 0.15) is 17.6 Å². The van der Waals surface area contributed by atoms with Gasteiger partial charge in [-0.05, 0) is 41.8 Å². The molecular formula is C21H13F2N3O2. The summed E-state index contributed by atoms with van der Waals surface area (Å²) in [6, 6.07) is 11.6. The van der Waals surface area contributed by atoms with Crippen molar-refractivity contribution in [1.29, 1.82) is 0 Å². The zero-order chi connectivity index (χ0) is 19.5. The van der Waals surface area contributed by atoms with Crippen LogP contribution >= 0.6 is 0 Å². The summed E-state index contributed by atoms with van der Waals surface area (Å²) in [6.45, 7) is 0. The molecule has 0 aliphatic carbocycles. The number of carbonyl (C=O) groups is 1. The third-order valence-electron chi connectivity index (χ3n) is 4.19. The molecule has 1 amide bonds. The molecule has 7 heteroatoms. The predicted molar refractivity (Wildman–Crippen MR) is 95.9 cm³/mol. The number of hydrogen-bond donors (Lipinski definition) is 1. The Morgan fingerprint density at radius 1 is 1.04 bits per heavy atom. The topological polar surface area (TPSA) is 64.1 Å². The number of nitrogens with zero attached hydrogens (tertiary/aromatic N) is 2. The molecule has 0 bridgehead atoms. The van der Waals surface area contributed by atoms with Crippen LogP contribution < -0.4 is 5.32 Å². The molecule has 0 spiro atoms. The van der Waals surface area contributed by atoms with Crippen LogP contribution in [-0.2, 0) is 4.74 Å². The largest absolute Gasteiger partial charge is 0.439 e. The lowest BCUT2D eigenvalue weighted by molar-refractivity contribution is 0.131. The first-order valence-electron chi connectivity index (χ1n) is 8.41. The van der Waals surface area contributed by atoms with Gasteiger partial charge in [-0.25, -0.2) is 19.2 Å². The molecule has 1 fully saturated rings. The Labute approximate surface area is 159 Å². The van der Waals surface area contributed by atoms with E-state index in [1.165, 1.54) is 30.5 Å². The van der Waals surface area contributed by atoms with E-state index in [9.17, 15) is 13.6 Å². The Kier molecular flexibility index (Phi) is 4.68. The van der Waals surface area contributed by atoms with Crippen molar-refractivity contribution in [2.75, 3.05) is 0 Å². The number of ether oxygens (including phenoxy) is 1. The van der Waals surface area contributed by atoms with E-state index in [1.807, 2.05) is 0 Å². The van der Waals surface area contributed by atoms with Gasteiger partial charge in [-0.1, -0.05) is 24.1 Å². The zero-order valence-electron chi connectivity index (χ0n) is 14.4. The molecule has 28 heavy (non-hydrogen) atoms. The minimum atomic E-state index is -0.890. The highest BCUT2D eigenvalue weighted by Gasteiger charge is 2.38. The molecule has 1 N–H and O–H groups in total. The Balaban J connectivity index is 1.69. The summed E-state index contributed by atoms with van der Waals surface area (Å²) in [5.41, 5.74) is 1.52. The third kappa shape index (κ3) is 3.67. The Morgan fingerprint density at radius 2 is 1.93 bits per heavy atom. The second-order valence-electron chi connectivity index (χ2n) is 6.07. The third-order valence-corrected chi connectivity index (χ3v) is 4.19. The van der Waals surface area contributed by atoms with Gasteiger partial charge in [0, 0.05) is 23.5 Å². The average Bonchev–Trinajstić information content (AvgIpc) is 3.10. The van der Waals surface area contributed by atoms with Crippen LogP contribution in [0.2, 0.25) is 0 Å². The van der Waals surface area contributed by atoms with Gasteiger partial charge in [-0.2, -0.15) is 4.39 Å². The fourth-order valence-electron chi connectivity index (χ4n) is 2.93. The van der Waals surface area contributed by atoms with Crippen molar-refractivity contribution >= 4 is 6.09 Å². The summed E-state index contributed by atoms with van der Waals surface area (Å²) in [6.07, 6.45) is 1.30. The molecule has 3 aromatic rings. The fourth-order valence-corrected chi connectivity index (χ4v) is 2.93. The summed E-state index contributed by atoms with van der Waals surface area (Å²) >= 11 is 0. The number of alkyl carbamates (subject to hydrolysis) is 1. The molecule has 0 saturated carbocycles. The lowest BCUT2D eigenvalue weighted by Gasteiger charge is -2.18. The molecule has 138 valence electrons. The van der Waals surface area contributed by atoms with Crippen LogP contribution in [0.5, 0.6) is 0 Å². The van der Waals surface area contributed by atoms with E-state index in [-0.39, 0.29) is 5.56 Å². The minimum absolute atomic E-state index is 0.105. The molecule has 1 saturated heterocycles. The van der Waals surface area contributed by atoms with Crippen molar-refractivity contribution in [3.63, 3.8) is 0 Å². The van der Waals surface area contributed by atoms with Gasteiger partial charge in [-0.3, -0.25) is 0 Å². The zero-order valence-corrected chi connectivity index (χ0v) is 14.4. The number of carbonyl (C=O) groups excluding carboxylic acids is 1. The van der Waals surface area contributed by atoms with Crippen molar-refractivity contribution in [2.24, 2.45) is 0 Å². The molecule has 5 nitrogen and oxygen atoms in total. The van der Waals surface area contributed by atoms with E-state index in [1.54, 1.807) is 30.5 Å². The molecule has 0 radical (unpaired) electrons.